The van der Waals surface area contributed by atoms with Crippen LogP contribution in [0.2, 0.25) is 0 Å². The maximum atomic E-state index is 11.6. The second-order valence-corrected chi connectivity index (χ2v) is 7.75. The lowest BCUT2D eigenvalue weighted by molar-refractivity contribution is 0.591. The lowest BCUT2D eigenvalue weighted by atomic mass is 10.0. The number of nitrogens with zero attached hydrogens (tertiary/aromatic N) is 1. The Bertz CT molecular complexity index is 687. The van der Waals surface area contributed by atoms with Crippen molar-refractivity contribution in [3.63, 3.8) is 0 Å². The van der Waals surface area contributed by atoms with Crippen LogP contribution in [-0.2, 0) is 22.8 Å². The van der Waals surface area contributed by atoms with E-state index < -0.39 is 9.84 Å². The second kappa shape index (κ2) is 5.97. The first-order valence-electron chi connectivity index (χ1n) is 6.95. The summed E-state index contributed by atoms with van der Waals surface area (Å²) < 4.78 is 25.2. The van der Waals surface area contributed by atoms with Crippen LogP contribution in [-0.4, -0.2) is 30.5 Å². The molecular weight excluding hydrogens is 272 g/mol. The Morgan fingerprint density at radius 1 is 1.30 bits per heavy atom. The fourth-order valence-corrected chi connectivity index (χ4v) is 3.15. The molecule has 2 rings (SSSR count). The van der Waals surface area contributed by atoms with Crippen LogP contribution >= 0.6 is 0 Å². The lowest BCUT2D eigenvalue weighted by Gasteiger charge is -2.09. The number of benzene rings is 1. The van der Waals surface area contributed by atoms with Gasteiger partial charge in [-0.25, -0.2) is 8.42 Å². The Morgan fingerprint density at radius 2 is 2.05 bits per heavy atom. The van der Waals surface area contributed by atoms with Gasteiger partial charge in [0.15, 0.2) is 9.84 Å². The third kappa shape index (κ3) is 3.41. The average Bonchev–Trinajstić information content (AvgIpc) is 2.80. The van der Waals surface area contributed by atoms with Crippen molar-refractivity contribution in [3.8, 4) is 0 Å². The van der Waals surface area contributed by atoms with Gasteiger partial charge < -0.3 is 10.3 Å². The van der Waals surface area contributed by atoms with Crippen LogP contribution in [0.25, 0.3) is 10.9 Å². The van der Waals surface area contributed by atoms with Crippen LogP contribution in [0.3, 0.4) is 0 Å². The fraction of sp³-hybridized carbons (Fsp3) is 0.467. The van der Waals surface area contributed by atoms with E-state index in [0.717, 1.165) is 11.9 Å². The molecule has 0 aliphatic heterocycles. The van der Waals surface area contributed by atoms with E-state index in [9.17, 15) is 8.42 Å². The third-order valence-corrected chi connectivity index (χ3v) is 5.21. The number of hydrogen-bond acceptors (Lipinski definition) is 3. The summed E-state index contributed by atoms with van der Waals surface area (Å²) in [5, 5.41) is 1.17. The predicted molar refractivity (Wildman–Crippen MR) is 83.6 cm³/mol. The highest BCUT2D eigenvalue weighted by atomic mass is 32.2. The minimum absolute atomic E-state index is 0.115. The molecule has 0 saturated heterocycles. The number of nitrogens with two attached hydrogens (primary N) is 1. The van der Waals surface area contributed by atoms with Gasteiger partial charge in [-0.1, -0.05) is 19.1 Å². The minimum Gasteiger partial charge on any atom is -0.346 e. The van der Waals surface area contributed by atoms with Crippen molar-refractivity contribution in [1.29, 1.82) is 0 Å². The first-order valence-corrected chi connectivity index (χ1v) is 8.78. The molecule has 1 aromatic heterocycles. The summed E-state index contributed by atoms with van der Waals surface area (Å²) in [5.41, 5.74) is 8.17. The zero-order valence-electron chi connectivity index (χ0n) is 12.0. The van der Waals surface area contributed by atoms with Crippen molar-refractivity contribution in [1.82, 2.24) is 4.57 Å². The molecule has 1 atom stereocenters. The largest absolute Gasteiger partial charge is 0.346 e. The van der Waals surface area contributed by atoms with Gasteiger partial charge in [-0.05, 0) is 31.0 Å². The highest BCUT2D eigenvalue weighted by molar-refractivity contribution is 7.91. The fourth-order valence-electron chi connectivity index (χ4n) is 2.39. The summed E-state index contributed by atoms with van der Waals surface area (Å²) >= 11 is 0. The van der Waals surface area contributed by atoms with Gasteiger partial charge in [-0.3, -0.25) is 0 Å². The van der Waals surface area contributed by atoms with E-state index in [-0.39, 0.29) is 17.5 Å². The molecule has 110 valence electrons. The predicted octanol–water partition coefficient (Wildman–Crippen LogP) is 1.97. The maximum Gasteiger partial charge on any atom is 0.151 e. The van der Waals surface area contributed by atoms with Crippen molar-refractivity contribution < 1.29 is 8.42 Å². The smallest absolute Gasteiger partial charge is 0.151 e. The van der Waals surface area contributed by atoms with E-state index in [1.807, 2.05) is 35.9 Å². The van der Waals surface area contributed by atoms with Crippen molar-refractivity contribution in [2.24, 2.45) is 5.73 Å². The average molecular weight is 294 g/mol. The molecule has 0 fully saturated rings. The zero-order chi connectivity index (χ0) is 14.8. The van der Waals surface area contributed by atoms with E-state index in [0.29, 0.717) is 6.54 Å². The molecule has 2 N–H and O–H groups in total. The molecule has 1 heterocycles. The van der Waals surface area contributed by atoms with Crippen LogP contribution in [0.4, 0.5) is 0 Å². The summed E-state index contributed by atoms with van der Waals surface area (Å²) in [6, 6.07) is 8.28. The number of hydrogen-bond donors (Lipinski definition) is 1. The molecule has 0 amide bonds. The molecule has 4 nitrogen and oxygen atoms in total. The Hall–Kier alpha value is -1.33. The van der Waals surface area contributed by atoms with Gasteiger partial charge in [-0.2, -0.15) is 0 Å². The Balaban J connectivity index is 2.28. The number of aromatic nitrogens is 1. The molecule has 1 aromatic carbocycles. The summed E-state index contributed by atoms with van der Waals surface area (Å²) in [7, 11) is -2.93. The highest BCUT2D eigenvalue weighted by Crippen LogP contribution is 2.21. The topological polar surface area (TPSA) is 65.1 Å². The SMILES string of the molecule is CCS(=O)(=O)CCn1ccc2c(CC(C)N)cccc21. The summed E-state index contributed by atoms with van der Waals surface area (Å²) in [6.45, 7) is 4.18. The van der Waals surface area contributed by atoms with Gasteiger partial charge in [0.2, 0.25) is 0 Å². The third-order valence-electron chi connectivity index (χ3n) is 3.53. The minimum atomic E-state index is -2.93. The van der Waals surface area contributed by atoms with Crippen molar-refractivity contribution in [2.75, 3.05) is 11.5 Å². The molecule has 0 aliphatic rings. The van der Waals surface area contributed by atoms with Gasteiger partial charge in [0, 0.05) is 35.4 Å². The molecule has 0 spiro atoms. The number of sulfone groups is 1. The first-order chi connectivity index (χ1) is 9.43. The quantitative estimate of drug-likeness (QED) is 0.886. The van der Waals surface area contributed by atoms with E-state index in [1.165, 1.54) is 10.9 Å². The van der Waals surface area contributed by atoms with Crippen LogP contribution in [0.1, 0.15) is 19.4 Å². The van der Waals surface area contributed by atoms with Crippen molar-refractivity contribution in [3.05, 3.63) is 36.0 Å². The Kier molecular flexibility index (Phi) is 4.50. The molecule has 5 heteroatoms. The van der Waals surface area contributed by atoms with E-state index in [4.69, 9.17) is 5.73 Å². The number of fused-ring (bicyclic) bond motifs is 1. The van der Waals surface area contributed by atoms with Gasteiger partial charge in [0.1, 0.15) is 0 Å². The standard InChI is InChI=1S/C15H22N2O2S/c1-3-20(18,19)10-9-17-8-7-14-13(11-12(2)16)5-4-6-15(14)17/h4-8,12H,3,9-11,16H2,1-2H3. The Labute approximate surface area is 120 Å². The van der Waals surface area contributed by atoms with Crippen LogP contribution in [0, 0.1) is 0 Å². The lowest BCUT2D eigenvalue weighted by Crippen LogP contribution is -2.17. The first kappa shape index (κ1) is 15.1. The molecule has 0 bridgehead atoms. The second-order valence-electron chi connectivity index (χ2n) is 5.28. The molecule has 2 aromatic rings. The van der Waals surface area contributed by atoms with Gasteiger partial charge in [0.05, 0.1) is 5.75 Å². The normalized spacial score (nSPS) is 13.8. The van der Waals surface area contributed by atoms with Crippen LogP contribution < -0.4 is 5.73 Å². The van der Waals surface area contributed by atoms with Crippen molar-refractivity contribution >= 4 is 20.7 Å². The molecule has 1 unspecified atom stereocenters. The number of rotatable bonds is 6. The number of aryl methyl sites for hydroxylation is 1. The van der Waals surface area contributed by atoms with E-state index >= 15 is 0 Å². The van der Waals surface area contributed by atoms with Gasteiger partial charge in [-0.15, -0.1) is 0 Å². The highest BCUT2D eigenvalue weighted by Gasteiger charge is 2.10. The van der Waals surface area contributed by atoms with Gasteiger partial charge in [0.25, 0.3) is 0 Å². The monoisotopic (exact) mass is 294 g/mol. The maximum absolute atomic E-state index is 11.6. The molecule has 20 heavy (non-hydrogen) atoms. The van der Waals surface area contributed by atoms with Crippen LogP contribution in [0.5, 0.6) is 0 Å². The van der Waals surface area contributed by atoms with E-state index in [1.54, 1.807) is 6.92 Å². The summed E-state index contributed by atoms with van der Waals surface area (Å²) in [5.74, 6) is 0.382. The summed E-state index contributed by atoms with van der Waals surface area (Å²) in [6.07, 6.45) is 2.79. The zero-order valence-corrected chi connectivity index (χ0v) is 12.9. The summed E-state index contributed by atoms with van der Waals surface area (Å²) in [4.78, 5) is 0. The molecular formula is C15H22N2O2S. The molecule has 0 saturated carbocycles. The van der Waals surface area contributed by atoms with Crippen molar-refractivity contribution in [2.45, 2.75) is 32.9 Å². The van der Waals surface area contributed by atoms with E-state index in [2.05, 4.69) is 6.07 Å². The Morgan fingerprint density at radius 3 is 2.70 bits per heavy atom. The van der Waals surface area contributed by atoms with Crippen LogP contribution in [0.15, 0.2) is 30.5 Å². The molecule has 0 radical (unpaired) electrons. The molecule has 0 aliphatic carbocycles. The van der Waals surface area contributed by atoms with Gasteiger partial charge >= 0.3 is 0 Å².